The Bertz CT molecular complexity index is 1270. The van der Waals surface area contributed by atoms with Gasteiger partial charge >= 0.3 is 5.97 Å². The van der Waals surface area contributed by atoms with E-state index in [1.807, 2.05) is 17.4 Å². The molecule has 32 heavy (non-hydrogen) atoms. The number of thiophene rings is 1. The van der Waals surface area contributed by atoms with Gasteiger partial charge in [-0.25, -0.2) is 4.79 Å². The van der Waals surface area contributed by atoms with Crippen LogP contribution >= 0.6 is 11.3 Å². The second kappa shape index (κ2) is 8.05. The molecule has 1 atom stereocenters. The molecule has 0 saturated heterocycles. The number of nitrogens with zero attached hydrogens (tertiary/aromatic N) is 1. The highest BCUT2D eigenvalue weighted by atomic mass is 32.1. The van der Waals surface area contributed by atoms with Gasteiger partial charge in [0.2, 0.25) is 5.43 Å². The summed E-state index contributed by atoms with van der Waals surface area (Å²) in [6, 6.07) is 4.25. The zero-order valence-electron chi connectivity index (χ0n) is 18.7. The number of aromatic carboxylic acids is 1. The van der Waals surface area contributed by atoms with Crippen LogP contribution in [0.5, 0.6) is 5.75 Å². The molecule has 0 aliphatic heterocycles. The van der Waals surface area contributed by atoms with Gasteiger partial charge in [-0.1, -0.05) is 0 Å². The molecule has 2 aromatic heterocycles. The number of aromatic amines is 1. The number of H-pyrrole nitrogens is 1. The lowest BCUT2D eigenvalue weighted by molar-refractivity contribution is 0.0695. The van der Waals surface area contributed by atoms with Crippen molar-refractivity contribution in [2.75, 3.05) is 27.7 Å². The summed E-state index contributed by atoms with van der Waals surface area (Å²) < 4.78 is 5.89. The Hall–Kier alpha value is -2.64. The van der Waals surface area contributed by atoms with Crippen molar-refractivity contribution in [1.82, 2.24) is 9.88 Å². The van der Waals surface area contributed by atoms with Gasteiger partial charge in [0, 0.05) is 28.1 Å². The van der Waals surface area contributed by atoms with E-state index in [0.717, 1.165) is 36.9 Å². The fourth-order valence-electron chi connectivity index (χ4n) is 5.09. The van der Waals surface area contributed by atoms with E-state index in [9.17, 15) is 14.7 Å². The van der Waals surface area contributed by atoms with E-state index in [4.69, 9.17) is 4.74 Å². The Morgan fingerprint density at radius 3 is 2.69 bits per heavy atom. The molecule has 1 aromatic carbocycles. The first-order valence-electron chi connectivity index (χ1n) is 11.2. The lowest BCUT2D eigenvalue weighted by Crippen LogP contribution is -2.22. The first-order valence-corrected chi connectivity index (χ1v) is 12.0. The minimum absolute atomic E-state index is 0.243. The Labute approximate surface area is 190 Å². The van der Waals surface area contributed by atoms with Crippen molar-refractivity contribution in [2.24, 2.45) is 0 Å². The van der Waals surface area contributed by atoms with E-state index in [-0.39, 0.29) is 5.56 Å². The average molecular weight is 453 g/mol. The summed E-state index contributed by atoms with van der Waals surface area (Å²) in [4.78, 5) is 32.4. The molecule has 2 aliphatic rings. The third-order valence-electron chi connectivity index (χ3n) is 6.68. The number of hydrogen-bond acceptors (Lipinski definition) is 5. The maximum Gasteiger partial charge on any atom is 0.341 e. The SMILES string of the molecule is COc1c(-c2cc3c(s2)CCCC3CN(C)C)c(C2CC2)cc2c(=O)c(C(=O)O)c[nH]c12. The van der Waals surface area contributed by atoms with Crippen LogP contribution in [0.3, 0.4) is 0 Å². The van der Waals surface area contributed by atoms with Crippen LogP contribution in [-0.4, -0.2) is 48.7 Å². The molecule has 0 bridgehead atoms. The third-order valence-corrected chi connectivity index (χ3v) is 7.91. The molecule has 1 saturated carbocycles. The number of carboxylic acids is 1. The molecule has 0 amide bonds. The van der Waals surface area contributed by atoms with Crippen LogP contribution in [0, 0.1) is 0 Å². The van der Waals surface area contributed by atoms with Crippen LogP contribution in [0.15, 0.2) is 23.1 Å². The number of ether oxygens (including phenoxy) is 1. The van der Waals surface area contributed by atoms with Crippen LogP contribution in [0.1, 0.15) is 63.9 Å². The summed E-state index contributed by atoms with van der Waals surface area (Å²) in [5.74, 6) is 0.337. The number of aromatic nitrogens is 1. The van der Waals surface area contributed by atoms with Gasteiger partial charge in [0.1, 0.15) is 5.56 Å². The van der Waals surface area contributed by atoms with Crippen LogP contribution in [0.25, 0.3) is 21.3 Å². The molecule has 2 aliphatic carbocycles. The van der Waals surface area contributed by atoms with Crippen LogP contribution in [-0.2, 0) is 6.42 Å². The minimum atomic E-state index is -1.22. The summed E-state index contributed by atoms with van der Waals surface area (Å²) in [5, 5.41) is 9.79. The van der Waals surface area contributed by atoms with Gasteiger partial charge in [0.25, 0.3) is 0 Å². The normalized spacial score (nSPS) is 18.2. The molecule has 2 N–H and O–H groups in total. The standard InChI is InChI=1S/C25H28N2O4S/c1-27(2)12-14-5-4-6-19-15(14)10-20(32-19)21-16(13-7-8-13)9-17-22(24(21)31-3)26-11-18(23(17)28)25(29)30/h9-11,13-14H,4-8,12H2,1-3H3,(H,26,28)(H,29,30). The molecule has 0 spiro atoms. The Morgan fingerprint density at radius 1 is 1.25 bits per heavy atom. The molecule has 168 valence electrons. The number of benzene rings is 1. The van der Waals surface area contributed by atoms with Gasteiger partial charge in [-0.05, 0) is 81.3 Å². The van der Waals surface area contributed by atoms with E-state index in [2.05, 4.69) is 30.0 Å². The summed E-state index contributed by atoms with van der Waals surface area (Å²) in [6.07, 6.45) is 6.96. The van der Waals surface area contributed by atoms with Crippen LogP contribution in [0.4, 0.5) is 0 Å². The van der Waals surface area contributed by atoms with E-state index >= 15 is 0 Å². The van der Waals surface area contributed by atoms with Gasteiger partial charge in [-0.15, -0.1) is 11.3 Å². The quantitative estimate of drug-likeness (QED) is 0.560. The van der Waals surface area contributed by atoms with Gasteiger partial charge < -0.3 is 19.7 Å². The fraction of sp³-hybridized carbons (Fsp3) is 0.440. The maximum atomic E-state index is 12.9. The van der Waals surface area contributed by atoms with Crippen molar-refractivity contribution >= 4 is 28.2 Å². The summed E-state index contributed by atoms with van der Waals surface area (Å²) in [5.41, 5.74) is 3.47. The van der Waals surface area contributed by atoms with Gasteiger partial charge in [0.15, 0.2) is 5.75 Å². The third kappa shape index (κ3) is 3.53. The largest absolute Gasteiger partial charge is 0.494 e. The number of nitrogens with one attached hydrogen (secondary N) is 1. The molecule has 1 fully saturated rings. The average Bonchev–Trinajstić information content (AvgIpc) is 3.50. The highest BCUT2D eigenvalue weighted by Gasteiger charge is 2.32. The number of fused-ring (bicyclic) bond motifs is 2. The number of rotatable bonds is 6. The summed E-state index contributed by atoms with van der Waals surface area (Å²) >= 11 is 1.84. The van der Waals surface area contributed by atoms with Gasteiger partial charge in [-0.3, -0.25) is 4.79 Å². The molecular formula is C25H28N2O4S. The molecule has 0 radical (unpaired) electrons. The lowest BCUT2D eigenvalue weighted by atomic mass is 9.86. The number of carbonyl (C=O) groups is 1. The van der Waals surface area contributed by atoms with Crippen molar-refractivity contribution in [3.8, 4) is 16.2 Å². The molecule has 5 rings (SSSR count). The number of carboxylic acid groups (broad SMARTS) is 1. The molecule has 1 unspecified atom stereocenters. The number of likely N-dealkylation sites (N-methyl/N-ethyl adjacent to an activating group) is 1. The highest BCUT2D eigenvalue weighted by molar-refractivity contribution is 7.15. The lowest BCUT2D eigenvalue weighted by Gasteiger charge is -2.25. The first-order chi connectivity index (χ1) is 15.4. The molecule has 6 nitrogen and oxygen atoms in total. The number of hydrogen-bond donors (Lipinski definition) is 2. The zero-order chi connectivity index (χ0) is 22.6. The molecular weight excluding hydrogens is 424 g/mol. The van der Waals surface area contributed by atoms with Crippen LogP contribution < -0.4 is 10.2 Å². The summed E-state index contributed by atoms with van der Waals surface area (Å²) in [7, 11) is 5.88. The fourth-order valence-corrected chi connectivity index (χ4v) is 6.44. The number of pyridine rings is 1. The predicted molar refractivity (Wildman–Crippen MR) is 128 cm³/mol. The van der Waals surface area contributed by atoms with E-state index < -0.39 is 11.4 Å². The van der Waals surface area contributed by atoms with Crippen molar-refractivity contribution in [2.45, 2.75) is 43.9 Å². The van der Waals surface area contributed by atoms with Crippen molar-refractivity contribution in [3.05, 3.63) is 50.1 Å². The van der Waals surface area contributed by atoms with E-state index in [1.54, 1.807) is 7.11 Å². The number of aryl methyl sites for hydroxylation is 1. The van der Waals surface area contributed by atoms with Gasteiger partial charge in [0.05, 0.1) is 18.0 Å². The Balaban J connectivity index is 1.74. The van der Waals surface area contributed by atoms with Crippen molar-refractivity contribution < 1.29 is 14.6 Å². The predicted octanol–water partition coefficient (Wildman–Crippen LogP) is 4.82. The molecule has 3 aromatic rings. The topological polar surface area (TPSA) is 82.6 Å². The van der Waals surface area contributed by atoms with Crippen molar-refractivity contribution in [3.63, 3.8) is 0 Å². The second-order valence-corrected chi connectivity index (χ2v) is 10.4. The Kier molecular flexibility index (Phi) is 5.34. The van der Waals surface area contributed by atoms with E-state index in [0.29, 0.717) is 28.5 Å². The highest BCUT2D eigenvalue weighted by Crippen LogP contribution is 2.52. The van der Waals surface area contributed by atoms with Gasteiger partial charge in [-0.2, -0.15) is 0 Å². The molecule has 7 heteroatoms. The second-order valence-electron chi connectivity index (χ2n) is 9.25. The first kappa shape index (κ1) is 21.2. The maximum absolute atomic E-state index is 12.9. The molecule has 2 heterocycles. The number of methoxy groups -OCH3 is 1. The smallest absolute Gasteiger partial charge is 0.341 e. The Morgan fingerprint density at radius 2 is 2.03 bits per heavy atom. The monoisotopic (exact) mass is 452 g/mol. The summed E-state index contributed by atoms with van der Waals surface area (Å²) in [6.45, 7) is 1.04. The van der Waals surface area contributed by atoms with Crippen LogP contribution in [0.2, 0.25) is 0 Å². The minimum Gasteiger partial charge on any atom is -0.494 e. The van der Waals surface area contributed by atoms with E-state index in [1.165, 1.54) is 34.4 Å². The zero-order valence-corrected chi connectivity index (χ0v) is 19.5. The van der Waals surface area contributed by atoms with Crippen molar-refractivity contribution in [1.29, 1.82) is 0 Å².